The van der Waals surface area contributed by atoms with Gasteiger partial charge >= 0.3 is 0 Å². The van der Waals surface area contributed by atoms with E-state index in [9.17, 15) is 4.79 Å². The molecular weight excluding hydrogens is 256 g/mol. The maximum Gasteiger partial charge on any atom is 0.198 e. The molecule has 98 valence electrons. The molecule has 1 unspecified atom stereocenters. The Hall–Kier alpha value is -1.45. The average molecular weight is 272 g/mol. The molecule has 3 heteroatoms. The summed E-state index contributed by atoms with van der Waals surface area (Å²) in [7, 11) is 0. The molecule has 2 aromatic rings. The van der Waals surface area contributed by atoms with Crippen molar-refractivity contribution in [3.8, 4) is 0 Å². The second kappa shape index (κ2) is 5.68. The Morgan fingerprint density at radius 1 is 1.26 bits per heavy atom. The maximum atomic E-state index is 11.9. The van der Waals surface area contributed by atoms with Gasteiger partial charge in [0.05, 0.1) is 11.0 Å². The molecular formula is C16H16O2S. The number of aryl methyl sites for hydroxylation is 1. The van der Waals surface area contributed by atoms with E-state index in [1.165, 1.54) is 22.5 Å². The normalized spacial score (nSPS) is 18.0. The number of benzene rings is 1. The number of carbonyl (C=O) groups excluding carboxylic acids is 1. The summed E-state index contributed by atoms with van der Waals surface area (Å²) in [6.45, 7) is 0.180. The molecule has 1 aromatic heterocycles. The van der Waals surface area contributed by atoms with Crippen LogP contribution in [-0.4, -0.2) is 12.4 Å². The molecule has 2 nitrogen and oxygen atoms in total. The SMILES string of the molecule is O=C(COC1CCCc2ccccc21)c1cccs1. The molecule has 1 aliphatic rings. The number of thiophene rings is 1. The molecule has 0 saturated heterocycles. The van der Waals surface area contributed by atoms with Crippen molar-refractivity contribution >= 4 is 17.1 Å². The number of fused-ring (bicyclic) bond motifs is 1. The van der Waals surface area contributed by atoms with Gasteiger partial charge in [-0.3, -0.25) is 4.79 Å². The number of hydrogen-bond acceptors (Lipinski definition) is 3. The fourth-order valence-electron chi connectivity index (χ4n) is 2.57. The fourth-order valence-corrected chi connectivity index (χ4v) is 3.22. The first kappa shape index (κ1) is 12.6. The van der Waals surface area contributed by atoms with Crippen LogP contribution >= 0.6 is 11.3 Å². The molecule has 0 spiro atoms. The number of ketones is 1. The number of hydrogen-bond donors (Lipinski definition) is 0. The van der Waals surface area contributed by atoms with Crippen LogP contribution in [0.1, 0.15) is 39.7 Å². The van der Waals surface area contributed by atoms with Crippen molar-refractivity contribution in [2.45, 2.75) is 25.4 Å². The van der Waals surface area contributed by atoms with E-state index >= 15 is 0 Å². The third-order valence-corrected chi connectivity index (χ3v) is 4.44. The zero-order valence-electron chi connectivity index (χ0n) is 10.7. The van der Waals surface area contributed by atoms with Gasteiger partial charge in [0.25, 0.3) is 0 Å². The molecule has 19 heavy (non-hydrogen) atoms. The van der Waals surface area contributed by atoms with Gasteiger partial charge in [-0.25, -0.2) is 0 Å². The monoisotopic (exact) mass is 272 g/mol. The van der Waals surface area contributed by atoms with Gasteiger partial charge in [-0.1, -0.05) is 30.3 Å². The Kier molecular flexibility index (Phi) is 3.76. The summed E-state index contributed by atoms with van der Waals surface area (Å²) in [4.78, 5) is 12.7. The van der Waals surface area contributed by atoms with E-state index in [-0.39, 0.29) is 18.5 Å². The zero-order chi connectivity index (χ0) is 13.1. The van der Waals surface area contributed by atoms with Gasteiger partial charge in [-0.05, 0) is 41.8 Å². The average Bonchev–Trinajstić information content (AvgIpc) is 2.99. The Morgan fingerprint density at radius 3 is 3.00 bits per heavy atom. The number of ether oxygens (including phenoxy) is 1. The van der Waals surface area contributed by atoms with E-state index in [0.717, 1.165) is 24.1 Å². The third kappa shape index (κ3) is 2.77. The van der Waals surface area contributed by atoms with Gasteiger partial charge in [0.2, 0.25) is 0 Å². The van der Waals surface area contributed by atoms with E-state index in [0.29, 0.717) is 0 Å². The van der Waals surface area contributed by atoms with Crippen LogP contribution in [-0.2, 0) is 11.2 Å². The highest BCUT2D eigenvalue weighted by atomic mass is 32.1. The van der Waals surface area contributed by atoms with Crippen LogP contribution in [0.4, 0.5) is 0 Å². The first-order chi connectivity index (χ1) is 9.34. The lowest BCUT2D eigenvalue weighted by molar-refractivity contribution is 0.0374. The smallest absolute Gasteiger partial charge is 0.198 e. The molecule has 0 amide bonds. The minimum absolute atomic E-state index is 0.0777. The molecule has 1 heterocycles. The molecule has 1 aliphatic carbocycles. The largest absolute Gasteiger partial charge is 0.365 e. The number of rotatable bonds is 4. The number of Topliss-reactive ketones (excluding diaryl/α,β-unsaturated/α-hetero) is 1. The van der Waals surface area contributed by atoms with Gasteiger partial charge in [0, 0.05) is 0 Å². The van der Waals surface area contributed by atoms with Gasteiger partial charge in [-0.15, -0.1) is 11.3 Å². The van der Waals surface area contributed by atoms with Crippen LogP contribution in [0.5, 0.6) is 0 Å². The maximum absolute atomic E-state index is 11.9. The van der Waals surface area contributed by atoms with Gasteiger partial charge in [0.1, 0.15) is 6.61 Å². The minimum Gasteiger partial charge on any atom is -0.365 e. The van der Waals surface area contributed by atoms with E-state index < -0.39 is 0 Å². The van der Waals surface area contributed by atoms with Crippen LogP contribution in [0, 0.1) is 0 Å². The number of carbonyl (C=O) groups is 1. The van der Waals surface area contributed by atoms with Gasteiger partial charge in [-0.2, -0.15) is 0 Å². The summed E-state index contributed by atoms with van der Waals surface area (Å²) >= 11 is 1.47. The molecule has 0 N–H and O–H groups in total. The molecule has 0 radical (unpaired) electrons. The fraction of sp³-hybridized carbons (Fsp3) is 0.312. The third-order valence-electron chi connectivity index (χ3n) is 3.53. The Bertz CT molecular complexity index is 560. The van der Waals surface area contributed by atoms with Crippen LogP contribution < -0.4 is 0 Å². The van der Waals surface area contributed by atoms with Crippen molar-refractivity contribution in [2.24, 2.45) is 0 Å². The first-order valence-electron chi connectivity index (χ1n) is 6.61. The van der Waals surface area contributed by atoms with E-state index in [1.54, 1.807) is 0 Å². The highest BCUT2D eigenvalue weighted by Gasteiger charge is 2.21. The summed E-state index contributed by atoms with van der Waals surface area (Å²) in [5, 5.41) is 1.92. The van der Waals surface area contributed by atoms with Crippen molar-refractivity contribution in [1.29, 1.82) is 0 Å². The lowest BCUT2D eigenvalue weighted by Gasteiger charge is -2.25. The van der Waals surface area contributed by atoms with Crippen molar-refractivity contribution in [1.82, 2.24) is 0 Å². The second-order valence-electron chi connectivity index (χ2n) is 4.79. The molecule has 1 aromatic carbocycles. The van der Waals surface area contributed by atoms with Crippen molar-refractivity contribution in [2.75, 3.05) is 6.61 Å². The van der Waals surface area contributed by atoms with Gasteiger partial charge < -0.3 is 4.74 Å². The van der Waals surface area contributed by atoms with Crippen LogP contribution in [0.2, 0.25) is 0 Å². The summed E-state index contributed by atoms with van der Waals surface area (Å²) in [6, 6.07) is 12.1. The van der Waals surface area contributed by atoms with E-state index in [1.807, 2.05) is 23.6 Å². The quantitative estimate of drug-likeness (QED) is 0.786. The molecule has 0 aliphatic heterocycles. The van der Waals surface area contributed by atoms with Crippen molar-refractivity contribution < 1.29 is 9.53 Å². The van der Waals surface area contributed by atoms with Crippen LogP contribution in [0.15, 0.2) is 41.8 Å². The minimum atomic E-state index is 0.0777. The van der Waals surface area contributed by atoms with E-state index in [2.05, 4.69) is 18.2 Å². The molecule has 3 rings (SSSR count). The van der Waals surface area contributed by atoms with Gasteiger partial charge in [0.15, 0.2) is 5.78 Å². The topological polar surface area (TPSA) is 26.3 Å². The molecule has 0 saturated carbocycles. The molecule has 1 atom stereocenters. The summed E-state index contributed by atoms with van der Waals surface area (Å²) in [5.74, 6) is 0.0815. The standard InChI is InChI=1S/C16H16O2S/c17-14(16-9-4-10-19-16)11-18-15-8-3-6-12-5-1-2-7-13(12)15/h1-2,4-5,7,9-10,15H,3,6,8,11H2. The summed E-state index contributed by atoms with van der Waals surface area (Å²) < 4.78 is 5.85. The summed E-state index contributed by atoms with van der Waals surface area (Å²) in [6.07, 6.45) is 3.34. The lowest BCUT2D eigenvalue weighted by Crippen LogP contribution is -2.16. The predicted molar refractivity (Wildman–Crippen MR) is 76.7 cm³/mol. The van der Waals surface area contributed by atoms with Crippen LogP contribution in [0.3, 0.4) is 0 Å². The van der Waals surface area contributed by atoms with Crippen LogP contribution in [0.25, 0.3) is 0 Å². The van der Waals surface area contributed by atoms with E-state index in [4.69, 9.17) is 4.74 Å². The summed E-state index contributed by atoms with van der Waals surface area (Å²) in [5.41, 5.74) is 2.62. The highest BCUT2D eigenvalue weighted by molar-refractivity contribution is 7.12. The highest BCUT2D eigenvalue weighted by Crippen LogP contribution is 2.32. The lowest BCUT2D eigenvalue weighted by atomic mass is 9.89. The molecule has 0 fully saturated rings. The Balaban J connectivity index is 1.67. The Morgan fingerprint density at radius 2 is 2.16 bits per heavy atom. The predicted octanol–water partition coefficient (Wildman–Crippen LogP) is 4.03. The first-order valence-corrected chi connectivity index (χ1v) is 7.48. The Labute approximate surface area is 117 Å². The molecule has 0 bridgehead atoms. The second-order valence-corrected chi connectivity index (χ2v) is 5.74. The van der Waals surface area contributed by atoms with Crippen molar-refractivity contribution in [3.05, 3.63) is 57.8 Å². The van der Waals surface area contributed by atoms with Crippen molar-refractivity contribution in [3.63, 3.8) is 0 Å². The zero-order valence-corrected chi connectivity index (χ0v) is 11.5.